The van der Waals surface area contributed by atoms with Crippen molar-refractivity contribution in [2.24, 2.45) is 0 Å². The fraction of sp³-hybridized carbons (Fsp3) is 0.350. The Balaban J connectivity index is 2.15. The molecule has 3 aromatic rings. The molecule has 150 valence electrons. The molecule has 0 aliphatic carbocycles. The number of nitrogens with one attached hydrogen (secondary N) is 1. The fourth-order valence-corrected chi connectivity index (χ4v) is 2.96. The molecule has 29 heavy (non-hydrogen) atoms. The molecular formula is C20H24N8O. The predicted molar refractivity (Wildman–Crippen MR) is 111 cm³/mol. The highest BCUT2D eigenvalue weighted by molar-refractivity contribution is 5.72. The van der Waals surface area contributed by atoms with Gasteiger partial charge in [0, 0.05) is 33.4 Å². The van der Waals surface area contributed by atoms with Gasteiger partial charge in [-0.3, -0.25) is 0 Å². The monoisotopic (exact) mass is 392 g/mol. The Morgan fingerprint density at radius 3 is 2.66 bits per heavy atom. The van der Waals surface area contributed by atoms with Gasteiger partial charge in [0.25, 0.3) is 5.95 Å². The molecule has 0 radical (unpaired) electrons. The lowest BCUT2D eigenvalue weighted by atomic mass is 10.1. The minimum Gasteiger partial charge on any atom is -0.383 e. The zero-order valence-corrected chi connectivity index (χ0v) is 17.3. The molecule has 3 aromatic heterocycles. The normalized spacial score (nSPS) is 10.6. The number of rotatable bonds is 7. The van der Waals surface area contributed by atoms with E-state index in [1.54, 1.807) is 18.8 Å². The fourth-order valence-electron chi connectivity index (χ4n) is 2.96. The van der Waals surface area contributed by atoms with Gasteiger partial charge in [-0.2, -0.15) is 15.3 Å². The van der Waals surface area contributed by atoms with Crippen LogP contribution in [0.15, 0.2) is 24.3 Å². The van der Waals surface area contributed by atoms with E-state index < -0.39 is 0 Å². The van der Waals surface area contributed by atoms with E-state index in [2.05, 4.69) is 26.5 Å². The maximum atomic E-state index is 9.76. The summed E-state index contributed by atoms with van der Waals surface area (Å²) in [5.74, 6) is 1.58. The van der Waals surface area contributed by atoms with Crippen LogP contribution >= 0.6 is 0 Å². The molecule has 0 aliphatic heterocycles. The molecule has 0 unspecified atom stereocenters. The van der Waals surface area contributed by atoms with E-state index in [1.807, 2.05) is 50.1 Å². The molecule has 3 rings (SSSR count). The van der Waals surface area contributed by atoms with E-state index in [1.165, 1.54) is 0 Å². The summed E-state index contributed by atoms with van der Waals surface area (Å²) >= 11 is 0. The summed E-state index contributed by atoms with van der Waals surface area (Å²) in [4.78, 5) is 15.8. The van der Waals surface area contributed by atoms with Gasteiger partial charge in [0.05, 0.1) is 18.0 Å². The smallest absolute Gasteiger partial charge is 0.253 e. The molecule has 0 saturated heterocycles. The van der Waals surface area contributed by atoms with E-state index >= 15 is 0 Å². The number of hydrogen-bond acceptors (Lipinski definition) is 8. The van der Waals surface area contributed by atoms with Crippen molar-refractivity contribution in [2.45, 2.75) is 13.8 Å². The highest BCUT2D eigenvalue weighted by Gasteiger charge is 2.19. The van der Waals surface area contributed by atoms with Crippen LogP contribution in [0.2, 0.25) is 0 Å². The number of aryl methyl sites for hydroxylation is 2. The van der Waals surface area contributed by atoms with E-state index in [9.17, 15) is 5.26 Å². The largest absolute Gasteiger partial charge is 0.383 e. The van der Waals surface area contributed by atoms with Crippen molar-refractivity contribution in [3.05, 3.63) is 41.2 Å². The van der Waals surface area contributed by atoms with E-state index in [0.29, 0.717) is 41.9 Å². The van der Waals surface area contributed by atoms with Crippen LogP contribution in [0.3, 0.4) is 0 Å². The minimum absolute atomic E-state index is 0.335. The average Bonchev–Trinajstić information content (AvgIpc) is 3.08. The second-order valence-electron chi connectivity index (χ2n) is 6.59. The van der Waals surface area contributed by atoms with Gasteiger partial charge < -0.3 is 15.0 Å². The standard InChI is InChI=1S/C20H24N8O/c1-13-11-14(2)28(26-13)20-24-18(15(12-21)19(22-3)25-20)16-7-6-8-17(23-16)27(4)9-10-29-5/h6-8,11H,9-10H2,1-5H3,(H,22,24,25). The van der Waals surface area contributed by atoms with Crippen LogP contribution in [0.25, 0.3) is 17.3 Å². The zero-order valence-electron chi connectivity index (χ0n) is 17.3. The molecule has 9 heteroatoms. The molecule has 0 atom stereocenters. The van der Waals surface area contributed by atoms with Gasteiger partial charge in [0.15, 0.2) is 0 Å². The van der Waals surface area contributed by atoms with Crippen LogP contribution in [0.1, 0.15) is 17.0 Å². The Hall–Kier alpha value is -3.51. The molecule has 0 saturated carbocycles. The van der Waals surface area contributed by atoms with Crippen molar-refractivity contribution in [2.75, 3.05) is 44.6 Å². The van der Waals surface area contributed by atoms with Gasteiger partial charge >= 0.3 is 0 Å². The second-order valence-corrected chi connectivity index (χ2v) is 6.59. The minimum atomic E-state index is 0.335. The first-order chi connectivity index (χ1) is 14.0. The van der Waals surface area contributed by atoms with Gasteiger partial charge in [0.1, 0.15) is 29.0 Å². The molecule has 9 nitrogen and oxygen atoms in total. The molecule has 0 bridgehead atoms. The summed E-state index contributed by atoms with van der Waals surface area (Å²) < 4.78 is 6.80. The van der Waals surface area contributed by atoms with Gasteiger partial charge in [-0.25, -0.2) is 14.6 Å². The number of nitrogens with zero attached hydrogens (tertiary/aromatic N) is 7. The third-order valence-electron chi connectivity index (χ3n) is 4.44. The first-order valence-corrected chi connectivity index (χ1v) is 9.19. The van der Waals surface area contributed by atoms with Crippen LogP contribution in [0.4, 0.5) is 11.6 Å². The number of anilines is 2. The molecule has 0 spiro atoms. The molecule has 0 aromatic carbocycles. The quantitative estimate of drug-likeness (QED) is 0.653. The highest BCUT2D eigenvalue weighted by Crippen LogP contribution is 2.27. The number of methoxy groups -OCH3 is 1. The second kappa shape index (κ2) is 8.67. The molecule has 0 amide bonds. The van der Waals surface area contributed by atoms with Crippen LogP contribution in [0.5, 0.6) is 0 Å². The number of nitriles is 1. The average molecular weight is 392 g/mol. The van der Waals surface area contributed by atoms with Crippen molar-refractivity contribution in [1.29, 1.82) is 5.26 Å². The first-order valence-electron chi connectivity index (χ1n) is 9.19. The lowest BCUT2D eigenvalue weighted by Crippen LogP contribution is -2.23. The number of ether oxygens (including phenoxy) is 1. The summed E-state index contributed by atoms with van der Waals surface area (Å²) in [6.07, 6.45) is 0. The van der Waals surface area contributed by atoms with Gasteiger partial charge in [-0.15, -0.1) is 0 Å². The van der Waals surface area contributed by atoms with Gasteiger partial charge in [0.2, 0.25) is 0 Å². The summed E-state index contributed by atoms with van der Waals surface area (Å²) in [5.41, 5.74) is 3.15. The Kier molecular flexibility index (Phi) is 6.04. The lowest BCUT2D eigenvalue weighted by Gasteiger charge is -2.18. The third kappa shape index (κ3) is 4.17. The van der Waals surface area contributed by atoms with Crippen LogP contribution < -0.4 is 10.2 Å². The summed E-state index contributed by atoms with van der Waals surface area (Å²) in [6, 6.07) is 9.79. The molecule has 0 aliphatic rings. The predicted octanol–water partition coefficient (Wildman–Crippen LogP) is 2.34. The van der Waals surface area contributed by atoms with Gasteiger partial charge in [-0.05, 0) is 32.0 Å². The molecule has 1 N–H and O–H groups in total. The van der Waals surface area contributed by atoms with Crippen molar-refractivity contribution in [3.63, 3.8) is 0 Å². The lowest BCUT2D eigenvalue weighted by molar-refractivity contribution is 0.206. The summed E-state index contributed by atoms with van der Waals surface area (Å²) in [6.45, 7) is 5.13. The Bertz CT molecular complexity index is 1050. The molecule has 0 fully saturated rings. The Labute approximate surface area is 170 Å². The molecule has 3 heterocycles. The zero-order chi connectivity index (χ0) is 21.0. The molecular weight excluding hydrogens is 368 g/mol. The van der Waals surface area contributed by atoms with Crippen molar-refractivity contribution >= 4 is 11.6 Å². The van der Waals surface area contributed by atoms with Crippen LogP contribution in [0, 0.1) is 25.2 Å². The van der Waals surface area contributed by atoms with Crippen LogP contribution in [-0.4, -0.2) is 59.1 Å². The van der Waals surface area contributed by atoms with Crippen molar-refractivity contribution < 1.29 is 4.74 Å². The number of hydrogen-bond donors (Lipinski definition) is 1. The van der Waals surface area contributed by atoms with Gasteiger partial charge in [-0.1, -0.05) is 6.07 Å². The Morgan fingerprint density at radius 2 is 2.03 bits per heavy atom. The highest BCUT2D eigenvalue weighted by atomic mass is 16.5. The number of aromatic nitrogens is 5. The SMILES string of the molecule is CNc1nc(-n2nc(C)cc2C)nc(-c2cccc(N(C)CCOC)n2)c1C#N. The van der Waals surface area contributed by atoms with Crippen molar-refractivity contribution in [1.82, 2.24) is 24.7 Å². The topological polar surface area (TPSA) is 105 Å². The van der Waals surface area contributed by atoms with E-state index in [4.69, 9.17) is 9.72 Å². The third-order valence-corrected chi connectivity index (χ3v) is 4.44. The number of pyridine rings is 1. The van der Waals surface area contributed by atoms with Crippen molar-refractivity contribution in [3.8, 4) is 23.4 Å². The van der Waals surface area contributed by atoms with Crippen LogP contribution in [-0.2, 0) is 4.74 Å². The van der Waals surface area contributed by atoms with E-state index in [0.717, 1.165) is 17.2 Å². The summed E-state index contributed by atoms with van der Waals surface area (Å²) in [5, 5.41) is 17.2. The van der Waals surface area contributed by atoms with E-state index in [-0.39, 0.29) is 0 Å². The summed E-state index contributed by atoms with van der Waals surface area (Å²) in [7, 11) is 5.33. The first kappa shape index (κ1) is 20.2. The maximum Gasteiger partial charge on any atom is 0.253 e. The Morgan fingerprint density at radius 1 is 1.24 bits per heavy atom. The maximum absolute atomic E-state index is 9.76. The number of likely N-dealkylation sites (N-methyl/N-ethyl adjacent to an activating group) is 1.